The van der Waals surface area contributed by atoms with Gasteiger partial charge in [0.2, 0.25) is 5.91 Å². The summed E-state index contributed by atoms with van der Waals surface area (Å²) >= 11 is 3.33. The van der Waals surface area contributed by atoms with Gasteiger partial charge in [-0.25, -0.2) is 4.98 Å². The number of carbonyl (C=O) groups is 1. The number of thioether (sulfide) groups is 1. The van der Waals surface area contributed by atoms with Crippen molar-refractivity contribution in [2.24, 2.45) is 0 Å². The van der Waals surface area contributed by atoms with Gasteiger partial charge in [0.15, 0.2) is 5.13 Å². The van der Waals surface area contributed by atoms with Crippen molar-refractivity contribution in [2.75, 3.05) is 50.0 Å². The number of morpholine rings is 1. The van der Waals surface area contributed by atoms with E-state index in [1.165, 1.54) is 10.5 Å². The van der Waals surface area contributed by atoms with Crippen LogP contribution in [0.2, 0.25) is 0 Å². The van der Waals surface area contributed by atoms with Crippen LogP contribution in [0, 0.1) is 6.92 Å². The maximum absolute atomic E-state index is 13.2. The van der Waals surface area contributed by atoms with E-state index in [4.69, 9.17) is 9.72 Å². The Morgan fingerprint density at radius 3 is 2.70 bits per heavy atom. The molecular formula is C23H27N3O2S2. The fourth-order valence-corrected chi connectivity index (χ4v) is 5.24. The average molecular weight is 442 g/mol. The summed E-state index contributed by atoms with van der Waals surface area (Å²) in [6.07, 6.45) is 0.498. The number of fused-ring (bicyclic) bond motifs is 1. The van der Waals surface area contributed by atoms with Gasteiger partial charge in [0, 0.05) is 43.2 Å². The van der Waals surface area contributed by atoms with Crippen LogP contribution in [0.15, 0.2) is 53.4 Å². The third-order valence-corrected chi connectivity index (χ3v) is 7.24. The molecular weight excluding hydrogens is 414 g/mol. The Morgan fingerprint density at radius 2 is 1.93 bits per heavy atom. The van der Waals surface area contributed by atoms with Crippen LogP contribution < -0.4 is 4.90 Å². The molecule has 1 saturated heterocycles. The summed E-state index contributed by atoms with van der Waals surface area (Å²) in [5.41, 5.74) is 2.20. The second kappa shape index (κ2) is 10.4. The van der Waals surface area contributed by atoms with Gasteiger partial charge in [0.25, 0.3) is 0 Å². The van der Waals surface area contributed by atoms with E-state index in [1.807, 2.05) is 23.1 Å². The summed E-state index contributed by atoms with van der Waals surface area (Å²) in [7, 11) is 0. The molecule has 158 valence electrons. The fourth-order valence-electron chi connectivity index (χ4n) is 3.39. The minimum absolute atomic E-state index is 0.141. The lowest BCUT2D eigenvalue weighted by atomic mass is 10.2. The highest BCUT2D eigenvalue weighted by atomic mass is 32.2. The highest BCUT2D eigenvalue weighted by molar-refractivity contribution is 7.99. The zero-order chi connectivity index (χ0) is 20.8. The van der Waals surface area contributed by atoms with Crippen LogP contribution in [0.5, 0.6) is 0 Å². The van der Waals surface area contributed by atoms with Gasteiger partial charge in [0.05, 0.1) is 23.4 Å². The van der Waals surface area contributed by atoms with Crippen molar-refractivity contribution in [1.29, 1.82) is 0 Å². The number of anilines is 1. The van der Waals surface area contributed by atoms with Crippen LogP contribution in [0.1, 0.15) is 12.0 Å². The molecule has 30 heavy (non-hydrogen) atoms. The number of thiazole rings is 1. The van der Waals surface area contributed by atoms with Gasteiger partial charge < -0.3 is 4.74 Å². The zero-order valence-corrected chi connectivity index (χ0v) is 18.9. The normalized spacial score (nSPS) is 14.8. The molecule has 0 unspecified atom stereocenters. The first kappa shape index (κ1) is 21.3. The Morgan fingerprint density at radius 1 is 1.17 bits per heavy atom. The first-order chi connectivity index (χ1) is 14.7. The molecule has 0 N–H and O–H groups in total. The van der Waals surface area contributed by atoms with Crippen LogP contribution in [-0.4, -0.2) is 60.9 Å². The third-order valence-electron chi connectivity index (χ3n) is 5.16. The highest BCUT2D eigenvalue weighted by Crippen LogP contribution is 2.29. The number of para-hydroxylation sites is 1. The van der Waals surface area contributed by atoms with Crippen molar-refractivity contribution in [3.63, 3.8) is 0 Å². The molecule has 0 atom stereocenters. The standard InChI is InChI=1S/C23H27N3O2S2/c1-18-6-8-19(9-7-18)29-17-10-22(27)26(12-11-25-13-15-28-16-14-25)23-24-20-4-2-3-5-21(20)30-23/h2-9H,10-17H2,1H3. The van der Waals surface area contributed by atoms with Gasteiger partial charge in [-0.1, -0.05) is 41.2 Å². The Hall–Kier alpha value is -1.93. The van der Waals surface area contributed by atoms with Crippen molar-refractivity contribution in [3.8, 4) is 0 Å². The molecule has 0 bridgehead atoms. The average Bonchev–Trinajstić information content (AvgIpc) is 3.20. The SMILES string of the molecule is Cc1ccc(SCCC(=O)N(CCN2CCOCC2)c2nc3ccccc3s2)cc1. The van der Waals surface area contributed by atoms with Gasteiger partial charge >= 0.3 is 0 Å². The fraction of sp³-hybridized carbons (Fsp3) is 0.391. The van der Waals surface area contributed by atoms with E-state index < -0.39 is 0 Å². The van der Waals surface area contributed by atoms with Gasteiger partial charge in [-0.05, 0) is 31.2 Å². The Kier molecular flexibility index (Phi) is 7.38. The monoisotopic (exact) mass is 441 g/mol. The number of amides is 1. The number of benzene rings is 2. The molecule has 0 aliphatic carbocycles. The van der Waals surface area contributed by atoms with Gasteiger partial charge in [-0.3, -0.25) is 14.6 Å². The topological polar surface area (TPSA) is 45.7 Å². The minimum atomic E-state index is 0.141. The van der Waals surface area contributed by atoms with Crippen LogP contribution in [0.25, 0.3) is 10.2 Å². The highest BCUT2D eigenvalue weighted by Gasteiger charge is 2.21. The van der Waals surface area contributed by atoms with Crippen LogP contribution in [0.3, 0.4) is 0 Å². The van der Waals surface area contributed by atoms with Crippen molar-refractivity contribution in [1.82, 2.24) is 9.88 Å². The lowest BCUT2D eigenvalue weighted by Crippen LogP contribution is -2.43. The van der Waals surface area contributed by atoms with E-state index in [9.17, 15) is 4.79 Å². The molecule has 3 aromatic rings. The number of nitrogens with zero attached hydrogens (tertiary/aromatic N) is 3. The summed E-state index contributed by atoms with van der Waals surface area (Å²) in [6.45, 7) is 6.97. The van der Waals surface area contributed by atoms with Crippen molar-refractivity contribution >= 4 is 44.4 Å². The summed E-state index contributed by atoms with van der Waals surface area (Å²) in [4.78, 5) is 23.4. The molecule has 1 amide bonds. The first-order valence-corrected chi connectivity index (χ1v) is 12.1. The van der Waals surface area contributed by atoms with E-state index in [0.717, 1.165) is 53.9 Å². The summed E-state index contributed by atoms with van der Waals surface area (Å²) in [6, 6.07) is 16.5. The molecule has 1 fully saturated rings. The minimum Gasteiger partial charge on any atom is -0.379 e. The molecule has 0 radical (unpaired) electrons. The van der Waals surface area contributed by atoms with Gasteiger partial charge in [-0.15, -0.1) is 11.8 Å². The van der Waals surface area contributed by atoms with E-state index in [-0.39, 0.29) is 5.91 Å². The van der Waals surface area contributed by atoms with E-state index in [2.05, 4.69) is 42.2 Å². The number of hydrogen-bond acceptors (Lipinski definition) is 6. The largest absolute Gasteiger partial charge is 0.379 e. The molecule has 7 heteroatoms. The Bertz CT molecular complexity index is 935. The second-order valence-corrected chi connectivity index (χ2v) is 9.55. The smallest absolute Gasteiger partial charge is 0.229 e. The molecule has 5 nitrogen and oxygen atoms in total. The van der Waals surface area contributed by atoms with E-state index >= 15 is 0 Å². The summed E-state index contributed by atoms with van der Waals surface area (Å²) in [5.74, 6) is 0.905. The summed E-state index contributed by atoms with van der Waals surface area (Å²) in [5, 5.41) is 0.801. The molecule has 4 rings (SSSR count). The van der Waals surface area contributed by atoms with Crippen LogP contribution >= 0.6 is 23.1 Å². The Labute approximate surface area is 186 Å². The number of ether oxygens (including phenoxy) is 1. The van der Waals surface area contributed by atoms with Crippen LogP contribution in [-0.2, 0) is 9.53 Å². The van der Waals surface area contributed by atoms with E-state index in [1.54, 1.807) is 23.1 Å². The lowest BCUT2D eigenvalue weighted by Gasteiger charge is -2.29. The molecule has 0 spiro atoms. The van der Waals surface area contributed by atoms with Crippen molar-refractivity contribution < 1.29 is 9.53 Å². The summed E-state index contributed by atoms with van der Waals surface area (Å²) < 4.78 is 6.56. The maximum atomic E-state index is 13.2. The Balaban J connectivity index is 1.42. The van der Waals surface area contributed by atoms with Gasteiger partial charge in [-0.2, -0.15) is 0 Å². The molecule has 1 aliphatic rings. The molecule has 2 aromatic carbocycles. The zero-order valence-electron chi connectivity index (χ0n) is 17.3. The number of hydrogen-bond donors (Lipinski definition) is 0. The van der Waals surface area contributed by atoms with Gasteiger partial charge in [0.1, 0.15) is 0 Å². The second-order valence-electron chi connectivity index (χ2n) is 7.38. The van der Waals surface area contributed by atoms with Crippen LogP contribution in [0.4, 0.5) is 5.13 Å². The van der Waals surface area contributed by atoms with Crippen molar-refractivity contribution in [2.45, 2.75) is 18.2 Å². The lowest BCUT2D eigenvalue weighted by molar-refractivity contribution is -0.118. The molecule has 2 heterocycles. The molecule has 1 aromatic heterocycles. The van der Waals surface area contributed by atoms with E-state index in [0.29, 0.717) is 13.0 Å². The maximum Gasteiger partial charge on any atom is 0.229 e. The van der Waals surface area contributed by atoms with Crippen molar-refractivity contribution in [3.05, 3.63) is 54.1 Å². The number of carbonyl (C=O) groups excluding carboxylic acids is 1. The third kappa shape index (κ3) is 5.60. The predicted molar refractivity (Wildman–Crippen MR) is 126 cm³/mol. The first-order valence-electron chi connectivity index (χ1n) is 10.3. The number of aryl methyl sites for hydroxylation is 1. The molecule has 0 saturated carbocycles. The molecule has 1 aliphatic heterocycles. The number of rotatable bonds is 8. The number of aromatic nitrogens is 1. The predicted octanol–water partition coefficient (Wildman–Crippen LogP) is 4.45. The quantitative estimate of drug-likeness (QED) is 0.483.